The van der Waals surface area contributed by atoms with Crippen LogP contribution in [0.3, 0.4) is 0 Å². The second-order valence-electron chi connectivity index (χ2n) is 4.29. The van der Waals surface area contributed by atoms with Gasteiger partial charge in [-0.2, -0.15) is 0 Å². The molecule has 0 aromatic carbocycles. The Hall–Kier alpha value is -1.78. The fourth-order valence-corrected chi connectivity index (χ4v) is 1.13. The van der Waals surface area contributed by atoms with E-state index >= 15 is 0 Å². The van der Waals surface area contributed by atoms with Crippen LogP contribution < -0.4 is 10.6 Å². The highest BCUT2D eigenvalue weighted by Crippen LogP contribution is 2.00. The Bertz CT molecular complexity index is 371. The summed E-state index contributed by atoms with van der Waals surface area (Å²) in [7, 11) is 0. The standard InChI is InChI=1S/C12H18N2O3/c1-8(2)9(3)14-11(15)6-13-12(16)10-4-5-17-7-10/h4-5,7-9H,6H2,1-3H3,(H,13,16)(H,14,15)/t9-/m0/s1. The van der Waals surface area contributed by atoms with Crippen LogP contribution in [0.4, 0.5) is 0 Å². The van der Waals surface area contributed by atoms with Gasteiger partial charge in [-0.1, -0.05) is 13.8 Å². The van der Waals surface area contributed by atoms with Crippen molar-refractivity contribution in [2.45, 2.75) is 26.8 Å². The summed E-state index contributed by atoms with van der Waals surface area (Å²) in [6, 6.07) is 1.64. The van der Waals surface area contributed by atoms with Gasteiger partial charge in [0, 0.05) is 6.04 Å². The van der Waals surface area contributed by atoms with E-state index in [0.717, 1.165) is 0 Å². The van der Waals surface area contributed by atoms with Gasteiger partial charge >= 0.3 is 0 Å². The van der Waals surface area contributed by atoms with Crippen LogP contribution in [-0.2, 0) is 4.79 Å². The third-order valence-corrected chi connectivity index (χ3v) is 2.58. The van der Waals surface area contributed by atoms with E-state index in [2.05, 4.69) is 10.6 Å². The topological polar surface area (TPSA) is 71.3 Å². The largest absolute Gasteiger partial charge is 0.472 e. The van der Waals surface area contributed by atoms with Gasteiger partial charge in [-0.05, 0) is 18.9 Å². The van der Waals surface area contributed by atoms with Crippen LogP contribution >= 0.6 is 0 Å². The van der Waals surface area contributed by atoms with E-state index in [9.17, 15) is 9.59 Å². The Morgan fingerprint density at radius 1 is 1.35 bits per heavy atom. The quantitative estimate of drug-likeness (QED) is 0.809. The molecule has 17 heavy (non-hydrogen) atoms. The SMILES string of the molecule is CC(C)[C@H](C)NC(=O)CNC(=O)c1ccoc1. The number of nitrogens with one attached hydrogen (secondary N) is 2. The van der Waals surface area contributed by atoms with Gasteiger partial charge in [-0.3, -0.25) is 9.59 Å². The number of hydrogen-bond acceptors (Lipinski definition) is 3. The van der Waals surface area contributed by atoms with E-state index in [1.165, 1.54) is 12.5 Å². The molecular formula is C12H18N2O3. The molecule has 1 rings (SSSR count). The van der Waals surface area contributed by atoms with E-state index < -0.39 is 0 Å². The Morgan fingerprint density at radius 3 is 2.59 bits per heavy atom. The molecule has 0 fully saturated rings. The van der Waals surface area contributed by atoms with E-state index in [0.29, 0.717) is 11.5 Å². The van der Waals surface area contributed by atoms with Gasteiger partial charge in [0.1, 0.15) is 6.26 Å². The highest BCUT2D eigenvalue weighted by molar-refractivity contribution is 5.96. The first-order valence-corrected chi connectivity index (χ1v) is 5.60. The maximum Gasteiger partial charge on any atom is 0.254 e. The van der Waals surface area contributed by atoms with Crippen LogP contribution in [0, 0.1) is 5.92 Å². The molecule has 1 aromatic heterocycles. The molecule has 0 unspecified atom stereocenters. The molecule has 2 N–H and O–H groups in total. The van der Waals surface area contributed by atoms with Crippen molar-refractivity contribution in [1.29, 1.82) is 0 Å². The molecule has 0 spiro atoms. The predicted molar refractivity (Wildman–Crippen MR) is 63.5 cm³/mol. The van der Waals surface area contributed by atoms with E-state index in [-0.39, 0.29) is 24.4 Å². The average Bonchev–Trinajstić information content (AvgIpc) is 2.79. The second kappa shape index (κ2) is 6.08. The van der Waals surface area contributed by atoms with Gasteiger partial charge in [0.05, 0.1) is 18.4 Å². The van der Waals surface area contributed by atoms with Crippen LogP contribution in [0.25, 0.3) is 0 Å². The predicted octanol–water partition coefficient (Wildman–Crippen LogP) is 1.17. The third-order valence-electron chi connectivity index (χ3n) is 2.58. The molecule has 94 valence electrons. The first-order valence-electron chi connectivity index (χ1n) is 5.60. The second-order valence-corrected chi connectivity index (χ2v) is 4.29. The van der Waals surface area contributed by atoms with Crippen molar-refractivity contribution in [2.24, 2.45) is 5.92 Å². The fraction of sp³-hybridized carbons (Fsp3) is 0.500. The summed E-state index contributed by atoms with van der Waals surface area (Å²) in [4.78, 5) is 23.0. The van der Waals surface area contributed by atoms with Gasteiger partial charge in [-0.15, -0.1) is 0 Å². The minimum Gasteiger partial charge on any atom is -0.472 e. The van der Waals surface area contributed by atoms with Crippen molar-refractivity contribution >= 4 is 11.8 Å². The number of rotatable bonds is 5. The van der Waals surface area contributed by atoms with Crippen LogP contribution in [0.2, 0.25) is 0 Å². The van der Waals surface area contributed by atoms with E-state index in [1.807, 2.05) is 20.8 Å². The Balaban J connectivity index is 2.31. The summed E-state index contributed by atoms with van der Waals surface area (Å²) in [6.07, 6.45) is 2.75. The summed E-state index contributed by atoms with van der Waals surface area (Å²) in [5.41, 5.74) is 0.412. The Morgan fingerprint density at radius 2 is 2.06 bits per heavy atom. The first-order chi connectivity index (χ1) is 8.00. The summed E-state index contributed by atoms with van der Waals surface area (Å²) >= 11 is 0. The molecule has 2 amide bonds. The van der Waals surface area contributed by atoms with Crippen molar-refractivity contribution in [3.05, 3.63) is 24.2 Å². The molecule has 0 aliphatic carbocycles. The zero-order valence-electron chi connectivity index (χ0n) is 10.3. The Labute approximate surface area is 101 Å². The molecule has 1 atom stereocenters. The Kier molecular flexibility index (Phi) is 4.75. The van der Waals surface area contributed by atoms with Gasteiger partial charge in [0.2, 0.25) is 5.91 Å². The van der Waals surface area contributed by atoms with Crippen molar-refractivity contribution in [3.8, 4) is 0 Å². The molecule has 0 aliphatic rings. The smallest absolute Gasteiger partial charge is 0.254 e. The van der Waals surface area contributed by atoms with Crippen molar-refractivity contribution in [1.82, 2.24) is 10.6 Å². The van der Waals surface area contributed by atoms with E-state index in [1.54, 1.807) is 6.07 Å². The van der Waals surface area contributed by atoms with Gasteiger partial charge in [0.15, 0.2) is 0 Å². The molecule has 5 nitrogen and oxygen atoms in total. The fourth-order valence-electron chi connectivity index (χ4n) is 1.13. The molecule has 1 aromatic rings. The molecule has 5 heteroatoms. The number of carbonyl (C=O) groups is 2. The van der Waals surface area contributed by atoms with Crippen molar-refractivity contribution < 1.29 is 14.0 Å². The lowest BCUT2D eigenvalue weighted by molar-refractivity contribution is -0.121. The van der Waals surface area contributed by atoms with Crippen LogP contribution in [-0.4, -0.2) is 24.4 Å². The maximum atomic E-state index is 11.5. The normalized spacial score (nSPS) is 12.2. The van der Waals surface area contributed by atoms with Crippen molar-refractivity contribution in [3.63, 3.8) is 0 Å². The minimum atomic E-state index is -0.314. The zero-order valence-corrected chi connectivity index (χ0v) is 10.3. The summed E-state index contributed by atoms with van der Waals surface area (Å²) < 4.78 is 4.78. The highest BCUT2D eigenvalue weighted by Gasteiger charge is 2.12. The van der Waals surface area contributed by atoms with Crippen molar-refractivity contribution in [2.75, 3.05) is 6.54 Å². The molecule has 1 heterocycles. The van der Waals surface area contributed by atoms with Crippen LogP contribution in [0.15, 0.2) is 23.0 Å². The van der Waals surface area contributed by atoms with Crippen LogP contribution in [0.1, 0.15) is 31.1 Å². The lowest BCUT2D eigenvalue weighted by Gasteiger charge is -2.17. The number of furan rings is 1. The molecule has 0 radical (unpaired) electrons. The number of carbonyl (C=O) groups excluding carboxylic acids is 2. The highest BCUT2D eigenvalue weighted by atomic mass is 16.3. The summed E-state index contributed by atoms with van der Waals surface area (Å²) in [5, 5.41) is 5.32. The molecule has 0 bridgehead atoms. The number of amides is 2. The van der Waals surface area contributed by atoms with E-state index in [4.69, 9.17) is 4.42 Å². The molecule has 0 saturated carbocycles. The minimum absolute atomic E-state index is 0.0267. The summed E-state index contributed by atoms with van der Waals surface area (Å²) in [6.45, 7) is 5.95. The average molecular weight is 238 g/mol. The maximum absolute atomic E-state index is 11.5. The molecular weight excluding hydrogens is 220 g/mol. The lowest BCUT2D eigenvalue weighted by atomic mass is 10.1. The molecule has 0 saturated heterocycles. The number of hydrogen-bond donors (Lipinski definition) is 2. The zero-order chi connectivity index (χ0) is 12.8. The third kappa shape index (κ3) is 4.30. The first kappa shape index (κ1) is 13.3. The van der Waals surface area contributed by atoms with Gasteiger partial charge < -0.3 is 15.1 Å². The van der Waals surface area contributed by atoms with Gasteiger partial charge in [-0.25, -0.2) is 0 Å². The van der Waals surface area contributed by atoms with Gasteiger partial charge in [0.25, 0.3) is 5.91 Å². The molecule has 0 aliphatic heterocycles. The summed E-state index contributed by atoms with van der Waals surface area (Å²) in [5.74, 6) is -0.141. The lowest BCUT2D eigenvalue weighted by Crippen LogP contribution is -2.42. The van der Waals surface area contributed by atoms with Crippen LogP contribution in [0.5, 0.6) is 0 Å². The monoisotopic (exact) mass is 238 g/mol.